The minimum Gasteiger partial charge on any atom is -0.392 e. The van der Waals surface area contributed by atoms with Gasteiger partial charge in [-0.3, -0.25) is 0 Å². The molecule has 0 aliphatic heterocycles. The van der Waals surface area contributed by atoms with Crippen molar-refractivity contribution in [3.63, 3.8) is 0 Å². The molecule has 0 bridgehead atoms. The molecule has 2 N–H and O–H groups in total. The lowest BCUT2D eigenvalue weighted by Gasteiger charge is -2.21. The van der Waals surface area contributed by atoms with Gasteiger partial charge in [-0.2, -0.15) is 12.6 Å². The maximum Gasteiger partial charge on any atom is 0.0662 e. The number of aliphatic hydroxyl groups excluding tert-OH is 1. The molecule has 3 atom stereocenters. The van der Waals surface area contributed by atoms with E-state index in [2.05, 4.69) is 24.9 Å². The van der Waals surface area contributed by atoms with Gasteiger partial charge in [0.2, 0.25) is 0 Å². The first-order chi connectivity index (χ1) is 5.07. The summed E-state index contributed by atoms with van der Waals surface area (Å²) in [6.07, 6.45) is 0.762. The Kier molecular flexibility index (Phi) is 6.01. The van der Waals surface area contributed by atoms with Crippen LogP contribution < -0.4 is 5.32 Å². The fourth-order valence-electron chi connectivity index (χ4n) is 0.865. The average molecular weight is 177 g/mol. The SMILES string of the molecule is CC(CCS)NC(C)C(C)O. The molecule has 0 radical (unpaired) electrons. The molecule has 3 unspecified atom stereocenters. The van der Waals surface area contributed by atoms with E-state index in [0.717, 1.165) is 12.2 Å². The minimum atomic E-state index is -0.280. The zero-order valence-electron chi connectivity index (χ0n) is 7.54. The standard InChI is InChI=1S/C8H19NOS/c1-6(4-5-11)9-7(2)8(3)10/h6-11H,4-5H2,1-3H3. The van der Waals surface area contributed by atoms with Crippen LogP contribution in [0.1, 0.15) is 27.2 Å². The van der Waals surface area contributed by atoms with Crippen molar-refractivity contribution >= 4 is 12.6 Å². The van der Waals surface area contributed by atoms with Crippen LogP contribution in [0.4, 0.5) is 0 Å². The lowest BCUT2D eigenvalue weighted by Crippen LogP contribution is -2.41. The normalized spacial score (nSPS) is 19.4. The van der Waals surface area contributed by atoms with Crippen LogP contribution in [0, 0.1) is 0 Å². The highest BCUT2D eigenvalue weighted by Crippen LogP contribution is 1.97. The fourth-order valence-corrected chi connectivity index (χ4v) is 1.25. The highest BCUT2D eigenvalue weighted by atomic mass is 32.1. The summed E-state index contributed by atoms with van der Waals surface area (Å²) in [5, 5.41) is 12.4. The Bertz CT molecular complexity index is 98.1. The second kappa shape index (κ2) is 5.86. The Morgan fingerprint density at radius 3 is 2.27 bits per heavy atom. The smallest absolute Gasteiger partial charge is 0.0662 e. The lowest BCUT2D eigenvalue weighted by atomic mass is 10.1. The quantitative estimate of drug-likeness (QED) is 0.549. The van der Waals surface area contributed by atoms with E-state index in [4.69, 9.17) is 5.11 Å². The van der Waals surface area contributed by atoms with Crippen molar-refractivity contribution in [2.75, 3.05) is 5.75 Å². The summed E-state index contributed by atoms with van der Waals surface area (Å²) in [6, 6.07) is 0.613. The van der Waals surface area contributed by atoms with Crippen molar-refractivity contribution in [3.8, 4) is 0 Å². The maximum absolute atomic E-state index is 9.16. The van der Waals surface area contributed by atoms with Crippen LogP contribution in [0.25, 0.3) is 0 Å². The molecule has 11 heavy (non-hydrogen) atoms. The van der Waals surface area contributed by atoms with E-state index in [0.29, 0.717) is 6.04 Å². The summed E-state index contributed by atoms with van der Waals surface area (Å²) in [5.41, 5.74) is 0. The van der Waals surface area contributed by atoms with E-state index in [1.54, 1.807) is 6.92 Å². The highest BCUT2D eigenvalue weighted by molar-refractivity contribution is 7.80. The third-order valence-corrected chi connectivity index (χ3v) is 2.09. The van der Waals surface area contributed by atoms with Gasteiger partial charge in [-0.05, 0) is 32.9 Å². The molecule has 0 aromatic carbocycles. The molecule has 0 aliphatic carbocycles. The number of aliphatic hydroxyl groups is 1. The van der Waals surface area contributed by atoms with Crippen LogP contribution >= 0.6 is 12.6 Å². The second-order valence-electron chi connectivity index (χ2n) is 3.11. The first kappa shape index (κ1) is 11.3. The number of hydrogen-bond acceptors (Lipinski definition) is 3. The molecule has 0 rings (SSSR count). The Morgan fingerprint density at radius 1 is 1.36 bits per heavy atom. The molecule has 0 saturated heterocycles. The summed E-state index contributed by atoms with van der Waals surface area (Å²) in [5.74, 6) is 0.890. The van der Waals surface area contributed by atoms with Gasteiger partial charge in [-0.25, -0.2) is 0 Å². The molecule has 0 aliphatic rings. The topological polar surface area (TPSA) is 32.3 Å². The van der Waals surface area contributed by atoms with Gasteiger partial charge in [-0.15, -0.1) is 0 Å². The molecule has 0 aromatic rings. The van der Waals surface area contributed by atoms with Crippen molar-refractivity contribution in [2.45, 2.75) is 45.4 Å². The fraction of sp³-hybridized carbons (Fsp3) is 1.00. The first-order valence-electron chi connectivity index (χ1n) is 4.13. The number of hydrogen-bond donors (Lipinski definition) is 3. The van der Waals surface area contributed by atoms with Gasteiger partial charge < -0.3 is 10.4 Å². The number of thiol groups is 1. The van der Waals surface area contributed by atoms with Crippen molar-refractivity contribution < 1.29 is 5.11 Å². The van der Waals surface area contributed by atoms with Gasteiger partial charge in [0.1, 0.15) is 0 Å². The van der Waals surface area contributed by atoms with E-state index in [-0.39, 0.29) is 12.1 Å². The molecule has 68 valence electrons. The van der Waals surface area contributed by atoms with Crippen LogP contribution in [0.3, 0.4) is 0 Å². The molecular formula is C8H19NOS. The predicted molar refractivity (Wildman–Crippen MR) is 52.2 cm³/mol. The molecule has 0 aromatic heterocycles. The zero-order valence-corrected chi connectivity index (χ0v) is 8.44. The van der Waals surface area contributed by atoms with E-state index in [9.17, 15) is 0 Å². The lowest BCUT2D eigenvalue weighted by molar-refractivity contribution is 0.146. The second-order valence-corrected chi connectivity index (χ2v) is 3.56. The molecule has 3 heteroatoms. The Labute approximate surface area is 74.8 Å². The van der Waals surface area contributed by atoms with Gasteiger partial charge in [0.25, 0.3) is 0 Å². The van der Waals surface area contributed by atoms with Gasteiger partial charge >= 0.3 is 0 Å². The van der Waals surface area contributed by atoms with Crippen molar-refractivity contribution in [1.29, 1.82) is 0 Å². The van der Waals surface area contributed by atoms with Crippen LogP contribution in [-0.2, 0) is 0 Å². The number of rotatable bonds is 5. The largest absolute Gasteiger partial charge is 0.392 e. The first-order valence-corrected chi connectivity index (χ1v) is 4.76. The molecule has 0 fully saturated rings. The summed E-state index contributed by atoms with van der Waals surface area (Å²) < 4.78 is 0. The van der Waals surface area contributed by atoms with E-state index < -0.39 is 0 Å². The summed E-state index contributed by atoms with van der Waals surface area (Å²) in [7, 11) is 0. The summed E-state index contributed by atoms with van der Waals surface area (Å²) >= 11 is 4.13. The summed E-state index contributed by atoms with van der Waals surface area (Å²) in [4.78, 5) is 0. The maximum atomic E-state index is 9.16. The van der Waals surface area contributed by atoms with E-state index in [1.165, 1.54) is 0 Å². The van der Waals surface area contributed by atoms with Crippen molar-refractivity contribution in [2.24, 2.45) is 0 Å². The van der Waals surface area contributed by atoms with Crippen LogP contribution in [-0.4, -0.2) is 29.0 Å². The van der Waals surface area contributed by atoms with Crippen LogP contribution in [0.15, 0.2) is 0 Å². The van der Waals surface area contributed by atoms with E-state index in [1.807, 2.05) is 6.92 Å². The van der Waals surface area contributed by atoms with Crippen molar-refractivity contribution in [3.05, 3.63) is 0 Å². The van der Waals surface area contributed by atoms with Crippen LogP contribution in [0.5, 0.6) is 0 Å². The zero-order chi connectivity index (χ0) is 8.85. The highest BCUT2D eigenvalue weighted by Gasteiger charge is 2.10. The summed E-state index contributed by atoms with van der Waals surface area (Å²) in [6.45, 7) is 5.89. The number of nitrogens with one attached hydrogen (secondary N) is 1. The van der Waals surface area contributed by atoms with Crippen LogP contribution in [0.2, 0.25) is 0 Å². The Hall–Kier alpha value is 0.270. The third kappa shape index (κ3) is 5.53. The molecule has 0 spiro atoms. The van der Waals surface area contributed by atoms with E-state index >= 15 is 0 Å². The molecular weight excluding hydrogens is 158 g/mol. The molecule has 0 heterocycles. The monoisotopic (exact) mass is 177 g/mol. The average Bonchev–Trinajstić information content (AvgIpc) is 1.87. The van der Waals surface area contributed by atoms with Gasteiger partial charge in [0.15, 0.2) is 0 Å². The molecule has 0 amide bonds. The Morgan fingerprint density at radius 2 is 1.91 bits per heavy atom. The predicted octanol–water partition coefficient (Wildman–Crippen LogP) is 1.05. The van der Waals surface area contributed by atoms with Crippen molar-refractivity contribution in [1.82, 2.24) is 5.32 Å². The Balaban J connectivity index is 3.48. The third-order valence-electron chi connectivity index (χ3n) is 1.83. The van der Waals surface area contributed by atoms with Gasteiger partial charge in [-0.1, -0.05) is 0 Å². The molecule has 0 saturated carbocycles. The molecule has 2 nitrogen and oxygen atoms in total. The minimum absolute atomic E-state index is 0.171. The van der Waals surface area contributed by atoms with Gasteiger partial charge in [0.05, 0.1) is 6.10 Å². The van der Waals surface area contributed by atoms with Gasteiger partial charge in [0, 0.05) is 12.1 Å².